The van der Waals surface area contributed by atoms with Crippen LogP contribution in [0, 0.1) is 60.8 Å². The van der Waals surface area contributed by atoms with E-state index in [1.165, 1.54) is 59.9 Å². The van der Waals surface area contributed by atoms with E-state index in [0.717, 1.165) is 77.4 Å². The summed E-state index contributed by atoms with van der Waals surface area (Å²) in [5, 5.41) is 27.7. The molecule has 4 aliphatic heterocycles. The number of likely N-dealkylation sites (tertiary alicyclic amines) is 3. The van der Waals surface area contributed by atoms with E-state index in [2.05, 4.69) is 26.1 Å². The van der Waals surface area contributed by atoms with Crippen LogP contribution in [-0.2, 0) is 49.3 Å². The largest absolute Gasteiger partial charge is 2.00 e. The summed E-state index contributed by atoms with van der Waals surface area (Å²) in [6, 6.07) is 20.1. The first-order valence-electron chi connectivity index (χ1n) is 38.5. The van der Waals surface area contributed by atoms with Gasteiger partial charge in [0, 0.05) is 123 Å². The third-order valence-electron chi connectivity index (χ3n) is 18.3. The number of amides is 4. The standard InChI is InChI=1S/C22H33ClFNO4.C17H21ClFNO3.C17H25ClFNO2.C13H24N2O4.C6H4ClF.C5H11O.C4H9.CH4.ClH.Li.Mg.H2S/c1-21(2,3)29-20(26)25-13-8-9-16(15-25)22(27,12-5-6-14-28-4)17-10-7-11-18(23)19(17)24;1-17(2,3)23-16(22)20-9-5-6-11(10-20)15(21)12-7-4-8-13(18)14(12)19;1-22-11-3-2-9-17(21,13-6-5-10-20-12-13)14-7-4-8-15(18)16(14)19;1-13(2,3)19-12(17)15-8-6-7-10(9-15)11(16)14(4)18-5;7-5-3-1-2-4-6(5)8;1-3-4-5-6-2;1-3-4-2;;;;;/h7,10-11,16,27H,5-6,8-9,12-15H2,1-4H3;4,7-8,11H,5-6,9-10H2,1-3H3;4,7-8,13,20-21H,2-3,5-6,9-12H2,1H3;10H,6-9H2,1-5H3;1-4H;1,3-5H2,2H3;1,3-4H2,2H3;1H4;1H;;;1H2/q;;;;;2*-1;;;+1;+2;/p-1/t16-,22+;11-;13-,17+;10-;;;;;;;;/m1111......../s1. The van der Waals surface area contributed by atoms with Crippen molar-refractivity contribution in [3.63, 3.8) is 0 Å². The third kappa shape index (κ3) is 43.5. The van der Waals surface area contributed by atoms with Crippen molar-refractivity contribution in [3.8, 4) is 0 Å². The van der Waals surface area contributed by atoms with Gasteiger partial charge in [-0.2, -0.15) is 26.3 Å². The minimum atomic E-state index is -1.43. The fraction of sp³-hybridized carbons (Fsp3) is 0.635. The molecule has 4 fully saturated rings. The summed E-state index contributed by atoms with van der Waals surface area (Å²) in [5.74, 6) is -3.56. The Kier molecular flexibility index (Phi) is 63.1. The van der Waals surface area contributed by atoms with Crippen molar-refractivity contribution in [2.75, 3.05) is 108 Å². The Bertz CT molecular complexity index is 3380. The van der Waals surface area contributed by atoms with Gasteiger partial charge >= 0.3 is 60.2 Å². The number of nitrogens with zero attached hydrogens (tertiary/aromatic N) is 4. The molecule has 0 unspecified atom stereocenters. The third-order valence-corrected chi connectivity index (χ3v) is 19.5. The number of aliphatic hydroxyl groups is 2. The molecule has 0 aromatic heterocycles. The summed E-state index contributed by atoms with van der Waals surface area (Å²) in [7, 11) is 8.02. The summed E-state index contributed by atoms with van der Waals surface area (Å²) < 4.78 is 86.6. The molecule has 6 atom stereocenters. The molecular formula is C85H133Cl5F4LiMgN5O14S. The van der Waals surface area contributed by atoms with Crippen LogP contribution in [-0.4, -0.2) is 207 Å². The number of ether oxygens (including phenoxy) is 6. The summed E-state index contributed by atoms with van der Waals surface area (Å²) in [5.41, 5.74) is -3.82. The van der Waals surface area contributed by atoms with Gasteiger partial charge in [0.2, 0.25) is 0 Å². The molecule has 19 nitrogen and oxygen atoms in total. The van der Waals surface area contributed by atoms with Crippen molar-refractivity contribution in [2.24, 2.45) is 23.7 Å². The fourth-order valence-corrected chi connectivity index (χ4v) is 13.2. The van der Waals surface area contributed by atoms with Crippen LogP contribution >= 0.6 is 59.9 Å². The van der Waals surface area contributed by atoms with Gasteiger partial charge in [-0.05, 0) is 195 Å². The molecule has 4 aliphatic rings. The molecule has 31 heteroatoms. The number of Topliss-reactive ketones (excluding diaryl/α,β-unsaturated/α-hetero) is 1. The fourth-order valence-electron chi connectivity index (χ4n) is 12.5. The van der Waals surface area contributed by atoms with Crippen molar-refractivity contribution in [1.82, 2.24) is 25.1 Å². The Balaban J connectivity index is -0.000000666. The first-order valence-corrected chi connectivity index (χ1v) is 40.0. The van der Waals surface area contributed by atoms with Crippen molar-refractivity contribution in [1.29, 1.82) is 0 Å². The van der Waals surface area contributed by atoms with Gasteiger partial charge in [0.25, 0.3) is 5.91 Å². The molecule has 8 rings (SSSR count). The van der Waals surface area contributed by atoms with Crippen molar-refractivity contribution < 1.29 is 116 Å². The number of carbonyl (C=O) groups is 5. The molecule has 0 aliphatic carbocycles. The minimum absolute atomic E-state index is 0. The number of piperidine rings is 4. The van der Waals surface area contributed by atoms with Crippen molar-refractivity contribution in [3.05, 3.63) is 153 Å². The zero-order valence-electron chi connectivity index (χ0n) is 70.9. The van der Waals surface area contributed by atoms with Gasteiger partial charge in [-0.25, -0.2) is 37.0 Å². The predicted octanol–water partition coefficient (Wildman–Crippen LogP) is 14.3. The molecule has 4 aromatic carbocycles. The Morgan fingerprint density at radius 1 is 0.534 bits per heavy atom. The maximum Gasteiger partial charge on any atom is 2.00 e. The number of unbranched alkanes of at least 4 members (excludes halogenated alkanes) is 4. The molecule has 4 heterocycles. The van der Waals surface area contributed by atoms with E-state index in [0.29, 0.717) is 103 Å². The number of hydroxylamine groups is 2. The predicted molar refractivity (Wildman–Crippen MR) is 456 cm³/mol. The normalized spacial score (nSPS) is 17.4. The van der Waals surface area contributed by atoms with E-state index in [1.807, 2.05) is 41.5 Å². The van der Waals surface area contributed by atoms with Gasteiger partial charge in [0.15, 0.2) is 11.6 Å². The van der Waals surface area contributed by atoms with Crippen LogP contribution in [0.2, 0.25) is 20.1 Å². The van der Waals surface area contributed by atoms with E-state index in [-0.39, 0.29) is 154 Å². The smallest absolute Gasteiger partial charge is 1.00 e. The van der Waals surface area contributed by atoms with Gasteiger partial charge in [-0.1, -0.05) is 116 Å². The molecular weight excluding hydrogens is 1630 g/mol. The van der Waals surface area contributed by atoms with Crippen LogP contribution in [0.15, 0.2) is 78.9 Å². The van der Waals surface area contributed by atoms with Gasteiger partial charge in [0.05, 0.1) is 49.9 Å². The van der Waals surface area contributed by atoms with Crippen molar-refractivity contribution >= 4 is 113 Å². The zero-order valence-corrected chi connectivity index (χ0v) is 77.1. The zero-order chi connectivity index (χ0) is 83.7. The topological polar surface area (TPSA) is 215 Å². The summed E-state index contributed by atoms with van der Waals surface area (Å²) in [6.07, 6.45) is 13.2. The maximum atomic E-state index is 14.9. The first kappa shape index (κ1) is 119. The second kappa shape index (κ2) is 61.7. The molecule has 3 N–H and O–H groups in total. The van der Waals surface area contributed by atoms with Crippen LogP contribution in [0.4, 0.5) is 31.9 Å². The number of hydrogen-bond acceptors (Lipinski definition) is 15. The molecule has 654 valence electrons. The molecule has 116 heavy (non-hydrogen) atoms. The molecule has 4 saturated heterocycles. The Labute approximate surface area is 752 Å². The quantitative estimate of drug-likeness (QED) is 0.0127. The average Bonchev–Trinajstić information content (AvgIpc) is 0.776. The summed E-state index contributed by atoms with van der Waals surface area (Å²) >= 11 is 23.0. The van der Waals surface area contributed by atoms with E-state index in [9.17, 15) is 51.7 Å². The van der Waals surface area contributed by atoms with Crippen LogP contribution in [0.1, 0.15) is 214 Å². The summed E-state index contributed by atoms with van der Waals surface area (Å²) in [6.45, 7) is 32.1. The SMILES string of the molecule is C.CC(C)(C)OC(=O)N1CCC[C@@H](C(=O)c2cccc(Cl)c2F)C1.COCCCC[C@@](O)(c1cccc(Cl)c1F)[C@@H]1CCCN(C(=O)OC(C)(C)C)C1.COCCCC[C@@](O)(c1cccc(Cl)c1F)[C@@H]1CCCNC1.CON(C)C(=O)[C@@H]1CCCN(C(=O)OC(C)(C)C)C1.Fc1ccccc1Cl.S.[CH2-]CCC.[CH2-]CCCOC.[Cl-].[Li+].[Mg+2]. The van der Waals surface area contributed by atoms with E-state index in [1.54, 1.807) is 101 Å². The first-order chi connectivity index (χ1) is 52.2. The molecule has 4 aromatic rings. The Hall–Kier alpha value is -3.57. The Morgan fingerprint density at radius 3 is 1.29 bits per heavy atom. The second-order valence-electron chi connectivity index (χ2n) is 30.7. The number of ketones is 1. The number of methoxy groups -OCH3 is 3. The number of benzene rings is 4. The number of nitrogens with one attached hydrogen (secondary N) is 1. The number of carbonyl (C=O) groups excluding carboxylic acids is 5. The second-order valence-corrected chi connectivity index (χ2v) is 32.4. The number of halogens is 9. The number of hydrogen-bond donors (Lipinski definition) is 3. The molecule has 0 saturated carbocycles. The average molecular weight is 1770 g/mol. The van der Waals surface area contributed by atoms with Crippen LogP contribution in [0.5, 0.6) is 0 Å². The molecule has 0 bridgehead atoms. The van der Waals surface area contributed by atoms with E-state index in [4.69, 9.17) is 79.7 Å². The number of rotatable bonds is 22. The minimum Gasteiger partial charge on any atom is -1.00 e. The van der Waals surface area contributed by atoms with Crippen LogP contribution in [0.25, 0.3) is 0 Å². The van der Waals surface area contributed by atoms with E-state index < -0.39 is 63.6 Å². The van der Waals surface area contributed by atoms with Gasteiger partial charge < -0.3 is 84.9 Å². The van der Waals surface area contributed by atoms with Crippen molar-refractivity contribution in [2.45, 2.75) is 220 Å². The van der Waals surface area contributed by atoms with Gasteiger partial charge in [0.1, 0.15) is 34.3 Å². The van der Waals surface area contributed by atoms with E-state index >= 15 is 0 Å². The Morgan fingerprint density at radius 2 is 0.914 bits per heavy atom. The maximum absolute atomic E-state index is 14.9. The molecule has 0 spiro atoms. The van der Waals surface area contributed by atoms with Crippen LogP contribution in [0.3, 0.4) is 0 Å². The van der Waals surface area contributed by atoms with Crippen LogP contribution < -0.4 is 36.6 Å². The molecule has 4 amide bonds. The van der Waals surface area contributed by atoms with Gasteiger partial charge in [-0.3, -0.25) is 14.4 Å². The monoisotopic (exact) mass is 1760 g/mol. The van der Waals surface area contributed by atoms with Gasteiger partial charge in [-0.15, -0.1) is 0 Å². The molecule has 0 radical (unpaired) electrons. The summed E-state index contributed by atoms with van der Waals surface area (Å²) in [4.78, 5) is 70.8.